The van der Waals surface area contributed by atoms with Crippen LogP contribution in [0.25, 0.3) is 11.3 Å². The van der Waals surface area contributed by atoms with E-state index in [1.165, 1.54) is 18.2 Å². The van der Waals surface area contributed by atoms with Crippen LogP contribution in [-0.2, 0) is 0 Å². The summed E-state index contributed by atoms with van der Waals surface area (Å²) in [5.74, 6) is -0.539. The van der Waals surface area contributed by atoms with Gasteiger partial charge in [-0.3, -0.25) is 4.79 Å². The van der Waals surface area contributed by atoms with Gasteiger partial charge in [0.25, 0.3) is 5.91 Å². The van der Waals surface area contributed by atoms with E-state index in [0.717, 1.165) is 4.74 Å². The zero-order valence-corrected chi connectivity index (χ0v) is 12.6. The molecule has 3 aromatic rings. The number of hydrogen-bond acceptors (Lipinski definition) is 3. The minimum atomic E-state index is -0.614. The molecule has 110 valence electrons. The molecule has 6 heteroatoms. The molecular weight excluding hydrogens is 325 g/mol. The number of nitrogens with zero attached hydrogens (tertiary/aromatic N) is 1. The van der Waals surface area contributed by atoms with E-state index in [2.05, 4.69) is 0 Å². The highest BCUT2D eigenvalue weighted by Crippen LogP contribution is 2.24. The molecule has 0 unspecified atom stereocenters. The van der Waals surface area contributed by atoms with Crippen molar-refractivity contribution in [2.45, 2.75) is 0 Å². The second-order valence-corrected chi connectivity index (χ2v) is 5.37. The Balaban J connectivity index is 2.13. The van der Waals surface area contributed by atoms with Crippen molar-refractivity contribution in [3.8, 4) is 11.3 Å². The first-order valence-corrected chi connectivity index (χ1v) is 7.10. The topological polar surface area (TPSA) is 52.2 Å². The highest BCUT2D eigenvalue weighted by atomic mass is 35.5. The second kappa shape index (κ2) is 5.83. The van der Waals surface area contributed by atoms with Gasteiger partial charge in [0.2, 0.25) is 0 Å². The molecule has 2 aromatic carbocycles. The summed E-state index contributed by atoms with van der Waals surface area (Å²) in [7, 11) is 0. The summed E-state index contributed by atoms with van der Waals surface area (Å²) < 4.78 is 5.93. The van der Waals surface area contributed by atoms with Gasteiger partial charge in [-0.2, -0.15) is 0 Å². The third-order valence-corrected chi connectivity index (χ3v) is 3.62. The van der Waals surface area contributed by atoms with E-state index in [-0.39, 0.29) is 10.6 Å². The van der Waals surface area contributed by atoms with Crippen molar-refractivity contribution in [3.05, 3.63) is 80.6 Å². The molecule has 0 saturated heterocycles. The first kappa shape index (κ1) is 14.6. The normalized spacial score (nSPS) is 10.6. The van der Waals surface area contributed by atoms with Crippen LogP contribution in [0.3, 0.4) is 0 Å². The molecule has 0 saturated carbocycles. The van der Waals surface area contributed by atoms with Crippen LogP contribution in [-0.4, -0.2) is 10.6 Å². The van der Waals surface area contributed by atoms with Gasteiger partial charge in [0, 0.05) is 10.6 Å². The Bertz CT molecular complexity index is 897. The summed E-state index contributed by atoms with van der Waals surface area (Å²) >= 11 is 11.9. The maximum absolute atomic E-state index is 12.6. The molecule has 4 nitrogen and oxygen atoms in total. The standard InChI is InChI=1S/C16H9Cl2NO3/c17-11-6-7-12(13(18)8-11)16(21)19-14(9-15(20)22-19)10-4-2-1-3-5-10/h1-9H. The molecular formula is C16H9Cl2NO3. The van der Waals surface area contributed by atoms with Crippen LogP contribution in [0.2, 0.25) is 10.0 Å². The van der Waals surface area contributed by atoms with Crippen molar-refractivity contribution in [2.75, 3.05) is 0 Å². The molecule has 0 bridgehead atoms. The fraction of sp³-hybridized carbons (Fsp3) is 0. The lowest BCUT2D eigenvalue weighted by atomic mass is 10.1. The molecule has 0 aliphatic rings. The Labute approximate surface area is 135 Å². The quantitative estimate of drug-likeness (QED) is 0.709. The zero-order chi connectivity index (χ0) is 15.7. The van der Waals surface area contributed by atoms with Crippen LogP contribution in [0.1, 0.15) is 10.4 Å². The first-order chi connectivity index (χ1) is 10.6. The average Bonchev–Trinajstić information content (AvgIpc) is 2.89. The predicted molar refractivity (Wildman–Crippen MR) is 84.6 cm³/mol. The van der Waals surface area contributed by atoms with Gasteiger partial charge < -0.3 is 4.52 Å². The van der Waals surface area contributed by atoms with E-state index in [4.69, 9.17) is 27.7 Å². The number of aromatic nitrogens is 1. The number of rotatable bonds is 2. The summed E-state index contributed by atoms with van der Waals surface area (Å²) in [4.78, 5) is 24.2. The minimum absolute atomic E-state index is 0.188. The van der Waals surface area contributed by atoms with Crippen molar-refractivity contribution in [1.82, 2.24) is 4.74 Å². The fourth-order valence-electron chi connectivity index (χ4n) is 2.07. The summed E-state index contributed by atoms with van der Waals surface area (Å²) in [6.45, 7) is 0. The molecule has 0 N–H and O–H groups in total. The Morgan fingerprint density at radius 3 is 2.41 bits per heavy atom. The smallest absolute Gasteiger partial charge is 0.328 e. The fourth-order valence-corrected chi connectivity index (χ4v) is 2.56. The van der Waals surface area contributed by atoms with Gasteiger partial charge in [0.15, 0.2) is 0 Å². The Kier molecular flexibility index (Phi) is 3.88. The van der Waals surface area contributed by atoms with Crippen molar-refractivity contribution < 1.29 is 9.32 Å². The number of benzene rings is 2. The number of carbonyl (C=O) groups excluding carboxylic acids is 1. The van der Waals surface area contributed by atoms with Crippen LogP contribution < -0.4 is 5.63 Å². The SMILES string of the molecule is O=C(c1ccc(Cl)cc1Cl)n1oc(=O)cc1-c1ccccc1. The van der Waals surface area contributed by atoms with Crippen molar-refractivity contribution in [1.29, 1.82) is 0 Å². The lowest BCUT2D eigenvalue weighted by molar-refractivity contribution is 0.0843. The molecule has 1 heterocycles. The largest absolute Gasteiger partial charge is 0.358 e. The molecule has 0 amide bonds. The Hall–Kier alpha value is -2.30. The molecule has 3 rings (SSSR count). The third-order valence-electron chi connectivity index (χ3n) is 3.07. The van der Waals surface area contributed by atoms with Gasteiger partial charge in [-0.1, -0.05) is 53.5 Å². The summed E-state index contributed by atoms with van der Waals surface area (Å²) in [5.41, 5.74) is 0.633. The maximum atomic E-state index is 12.6. The molecule has 0 atom stereocenters. The van der Waals surface area contributed by atoms with Gasteiger partial charge in [0.05, 0.1) is 22.3 Å². The molecule has 0 radical (unpaired) electrons. The van der Waals surface area contributed by atoms with Crippen LogP contribution in [0.4, 0.5) is 0 Å². The zero-order valence-electron chi connectivity index (χ0n) is 11.1. The minimum Gasteiger partial charge on any atom is -0.328 e. The third kappa shape index (κ3) is 2.71. The van der Waals surface area contributed by atoms with E-state index in [1.807, 2.05) is 6.07 Å². The highest BCUT2D eigenvalue weighted by Gasteiger charge is 2.20. The van der Waals surface area contributed by atoms with Crippen molar-refractivity contribution in [3.63, 3.8) is 0 Å². The number of hydrogen-bond donors (Lipinski definition) is 0. The van der Waals surface area contributed by atoms with Gasteiger partial charge in [-0.05, 0) is 18.2 Å². The van der Waals surface area contributed by atoms with Crippen LogP contribution in [0.5, 0.6) is 0 Å². The van der Waals surface area contributed by atoms with Crippen molar-refractivity contribution in [2.24, 2.45) is 0 Å². The summed E-state index contributed by atoms with van der Waals surface area (Å²) in [6, 6.07) is 14.7. The Morgan fingerprint density at radius 1 is 1.00 bits per heavy atom. The molecule has 1 aromatic heterocycles. The van der Waals surface area contributed by atoms with Gasteiger partial charge >= 0.3 is 5.63 Å². The molecule has 22 heavy (non-hydrogen) atoms. The predicted octanol–water partition coefficient (Wildman–Crippen LogP) is 4.10. The first-order valence-electron chi connectivity index (χ1n) is 6.35. The summed E-state index contributed by atoms with van der Waals surface area (Å²) in [6.07, 6.45) is 0. The van der Waals surface area contributed by atoms with E-state index < -0.39 is 11.5 Å². The second-order valence-electron chi connectivity index (χ2n) is 4.53. The van der Waals surface area contributed by atoms with Crippen LogP contribution >= 0.6 is 23.2 Å². The number of halogens is 2. The van der Waals surface area contributed by atoms with Gasteiger partial charge in [0.1, 0.15) is 0 Å². The molecule has 0 spiro atoms. The lowest BCUT2D eigenvalue weighted by Crippen LogP contribution is -2.13. The molecule has 0 aliphatic heterocycles. The number of carbonyl (C=O) groups is 1. The lowest BCUT2D eigenvalue weighted by Gasteiger charge is -2.07. The Morgan fingerprint density at radius 2 is 1.73 bits per heavy atom. The van der Waals surface area contributed by atoms with E-state index in [9.17, 15) is 9.59 Å². The van der Waals surface area contributed by atoms with Gasteiger partial charge in [-0.15, -0.1) is 4.74 Å². The highest BCUT2D eigenvalue weighted by molar-refractivity contribution is 6.36. The van der Waals surface area contributed by atoms with Crippen LogP contribution in [0.15, 0.2) is 63.9 Å². The van der Waals surface area contributed by atoms with E-state index >= 15 is 0 Å². The van der Waals surface area contributed by atoms with E-state index in [0.29, 0.717) is 16.3 Å². The molecule has 0 aliphatic carbocycles. The van der Waals surface area contributed by atoms with Crippen LogP contribution in [0, 0.1) is 0 Å². The van der Waals surface area contributed by atoms with Gasteiger partial charge in [-0.25, -0.2) is 4.79 Å². The molecule has 0 fully saturated rings. The monoisotopic (exact) mass is 333 g/mol. The van der Waals surface area contributed by atoms with E-state index in [1.54, 1.807) is 30.3 Å². The average molecular weight is 334 g/mol. The summed E-state index contributed by atoms with van der Waals surface area (Å²) in [5, 5.41) is 0.603. The van der Waals surface area contributed by atoms with Crippen molar-refractivity contribution >= 4 is 29.1 Å². The maximum Gasteiger partial charge on any atom is 0.358 e.